The average molecular weight is 327 g/mol. The van der Waals surface area contributed by atoms with Crippen LogP contribution in [0.25, 0.3) is 0 Å². The summed E-state index contributed by atoms with van der Waals surface area (Å²) in [7, 11) is 1.89. The zero-order chi connectivity index (χ0) is 15.7. The summed E-state index contributed by atoms with van der Waals surface area (Å²) >= 11 is 7.30. The third-order valence-corrected chi connectivity index (χ3v) is 4.91. The van der Waals surface area contributed by atoms with Gasteiger partial charge in [-0.2, -0.15) is 5.10 Å². The van der Waals surface area contributed by atoms with E-state index in [1.807, 2.05) is 39.4 Å². The number of nitrogens with zero attached hydrogens (tertiary/aromatic N) is 3. The maximum absolute atomic E-state index is 12.3. The lowest BCUT2D eigenvalue weighted by Gasteiger charge is -2.07. The Bertz CT molecular complexity index is 675. The number of aromatic nitrogens is 3. The minimum Gasteiger partial charge on any atom is -0.346 e. The number of carbonyl (C=O) groups excluding carboxylic acids is 1. The average Bonchev–Trinajstić information content (AvgIpc) is 2.90. The molecule has 0 aliphatic heterocycles. The highest BCUT2D eigenvalue weighted by molar-refractivity contribution is 7.16. The quantitative estimate of drug-likeness (QED) is 0.938. The summed E-state index contributed by atoms with van der Waals surface area (Å²) in [5.74, 6) is 0.0297. The molecule has 0 aliphatic rings. The van der Waals surface area contributed by atoms with E-state index >= 15 is 0 Å². The van der Waals surface area contributed by atoms with Crippen molar-refractivity contribution in [2.75, 3.05) is 0 Å². The van der Waals surface area contributed by atoms with Crippen molar-refractivity contribution in [3.05, 3.63) is 32.0 Å². The van der Waals surface area contributed by atoms with Gasteiger partial charge in [0.05, 0.1) is 5.69 Å². The summed E-state index contributed by atoms with van der Waals surface area (Å²) in [6.45, 7) is 8.41. The van der Waals surface area contributed by atoms with Crippen molar-refractivity contribution < 1.29 is 4.79 Å². The first-order chi connectivity index (χ1) is 9.81. The molecular weight excluding hydrogens is 308 g/mol. The molecule has 2 aromatic heterocycles. The van der Waals surface area contributed by atoms with Crippen LogP contribution in [0.3, 0.4) is 0 Å². The molecule has 0 fully saturated rings. The number of carbonyl (C=O) groups is 1. The normalized spacial score (nSPS) is 11.2. The first-order valence-corrected chi connectivity index (χ1v) is 7.94. The van der Waals surface area contributed by atoms with Gasteiger partial charge >= 0.3 is 0 Å². The number of hydrogen-bond donors (Lipinski definition) is 1. The molecule has 5 nitrogen and oxygen atoms in total. The fraction of sp³-hybridized carbons (Fsp3) is 0.500. The van der Waals surface area contributed by atoms with Gasteiger partial charge in [0.2, 0.25) is 0 Å². The van der Waals surface area contributed by atoms with E-state index in [1.165, 1.54) is 11.3 Å². The van der Waals surface area contributed by atoms with Crippen LogP contribution < -0.4 is 5.32 Å². The minimum absolute atomic E-state index is 0.190. The molecule has 1 amide bonds. The van der Waals surface area contributed by atoms with Crippen LogP contribution in [0.5, 0.6) is 0 Å². The van der Waals surface area contributed by atoms with Crippen LogP contribution in [0.4, 0.5) is 0 Å². The van der Waals surface area contributed by atoms with Gasteiger partial charge in [0.25, 0.3) is 5.91 Å². The van der Waals surface area contributed by atoms with Crippen LogP contribution in [-0.2, 0) is 13.6 Å². The number of amides is 1. The van der Waals surface area contributed by atoms with Gasteiger partial charge in [-0.1, -0.05) is 25.4 Å². The fourth-order valence-corrected chi connectivity index (χ4v) is 3.31. The van der Waals surface area contributed by atoms with Gasteiger partial charge in [-0.25, -0.2) is 4.98 Å². The molecule has 0 atom stereocenters. The molecule has 21 heavy (non-hydrogen) atoms. The highest BCUT2D eigenvalue weighted by Gasteiger charge is 2.20. The van der Waals surface area contributed by atoms with Gasteiger partial charge in [-0.15, -0.1) is 11.3 Å². The molecule has 0 aliphatic carbocycles. The highest BCUT2D eigenvalue weighted by atomic mass is 35.5. The molecule has 1 N–H and O–H groups in total. The molecule has 0 aromatic carbocycles. The number of halogens is 1. The van der Waals surface area contributed by atoms with Crippen molar-refractivity contribution in [2.24, 2.45) is 7.05 Å². The third kappa shape index (κ3) is 3.27. The first kappa shape index (κ1) is 16.0. The number of rotatable bonds is 4. The minimum atomic E-state index is -0.190. The lowest BCUT2D eigenvalue weighted by molar-refractivity contribution is 0.0945. The van der Waals surface area contributed by atoms with E-state index in [2.05, 4.69) is 15.4 Å². The number of hydrogen-bond acceptors (Lipinski definition) is 4. The highest BCUT2D eigenvalue weighted by Crippen LogP contribution is 2.29. The Morgan fingerprint density at radius 2 is 2.10 bits per heavy atom. The first-order valence-electron chi connectivity index (χ1n) is 6.74. The number of aryl methyl sites for hydroxylation is 2. The van der Waals surface area contributed by atoms with Gasteiger partial charge < -0.3 is 5.32 Å². The molecule has 2 rings (SSSR count). The van der Waals surface area contributed by atoms with E-state index in [1.54, 1.807) is 0 Å². The molecule has 0 bridgehead atoms. The fourth-order valence-electron chi connectivity index (χ4n) is 2.18. The molecule has 0 saturated heterocycles. The van der Waals surface area contributed by atoms with Gasteiger partial charge in [-0.05, 0) is 19.8 Å². The summed E-state index contributed by atoms with van der Waals surface area (Å²) in [5.41, 5.74) is 3.45. The molecule has 7 heteroatoms. The third-order valence-electron chi connectivity index (χ3n) is 3.45. The Morgan fingerprint density at radius 3 is 2.62 bits per heavy atom. The molecular formula is C14H19ClN4OS. The van der Waals surface area contributed by atoms with E-state index in [0.717, 1.165) is 21.8 Å². The molecule has 2 heterocycles. The Kier molecular flexibility index (Phi) is 4.68. The monoisotopic (exact) mass is 326 g/mol. The van der Waals surface area contributed by atoms with Crippen molar-refractivity contribution in [3.63, 3.8) is 0 Å². The maximum atomic E-state index is 12.3. The maximum Gasteiger partial charge on any atom is 0.271 e. The van der Waals surface area contributed by atoms with Crippen LogP contribution in [0.2, 0.25) is 4.47 Å². The van der Waals surface area contributed by atoms with Crippen molar-refractivity contribution in [3.8, 4) is 0 Å². The second kappa shape index (κ2) is 6.15. The number of thiazole rings is 1. The van der Waals surface area contributed by atoms with Crippen molar-refractivity contribution in [1.82, 2.24) is 20.1 Å². The van der Waals surface area contributed by atoms with Gasteiger partial charge in [0, 0.05) is 29.7 Å². The second-order valence-electron chi connectivity index (χ2n) is 5.29. The smallest absolute Gasteiger partial charge is 0.271 e. The lowest BCUT2D eigenvalue weighted by atomic mass is 10.1. The molecule has 114 valence electrons. The van der Waals surface area contributed by atoms with Gasteiger partial charge in [0.1, 0.15) is 5.69 Å². The summed E-state index contributed by atoms with van der Waals surface area (Å²) in [6.07, 6.45) is 0. The zero-order valence-electron chi connectivity index (χ0n) is 12.8. The van der Waals surface area contributed by atoms with Crippen LogP contribution in [0, 0.1) is 13.8 Å². The summed E-state index contributed by atoms with van der Waals surface area (Å²) in [6, 6.07) is 0. The predicted octanol–water partition coefficient (Wildman–Crippen LogP) is 3.20. The largest absolute Gasteiger partial charge is 0.346 e. The van der Waals surface area contributed by atoms with Gasteiger partial charge in [-0.3, -0.25) is 9.48 Å². The Balaban J connectivity index is 2.16. The van der Waals surface area contributed by atoms with Crippen LogP contribution in [-0.4, -0.2) is 20.7 Å². The molecule has 0 unspecified atom stereocenters. The standard InChI is InChI=1S/C14H19ClN4OS/c1-7(2)12-11(17-14(15)21-12)13(20)16-6-10-8(3)18-19(5)9(10)4/h7H,6H2,1-5H3,(H,16,20). The zero-order valence-corrected chi connectivity index (χ0v) is 14.4. The van der Waals surface area contributed by atoms with Crippen molar-refractivity contribution in [1.29, 1.82) is 0 Å². The van der Waals surface area contributed by atoms with E-state index in [-0.39, 0.29) is 11.8 Å². The lowest BCUT2D eigenvalue weighted by Crippen LogP contribution is -2.25. The van der Waals surface area contributed by atoms with E-state index in [4.69, 9.17) is 11.6 Å². The Hall–Kier alpha value is -1.40. The topological polar surface area (TPSA) is 59.8 Å². The van der Waals surface area contributed by atoms with Crippen LogP contribution in [0.15, 0.2) is 0 Å². The van der Waals surface area contributed by atoms with E-state index in [9.17, 15) is 4.79 Å². The SMILES string of the molecule is Cc1nn(C)c(C)c1CNC(=O)c1nc(Cl)sc1C(C)C. The Morgan fingerprint density at radius 1 is 1.43 bits per heavy atom. The summed E-state index contributed by atoms with van der Waals surface area (Å²) in [4.78, 5) is 17.4. The van der Waals surface area contributed by atoms with E-state index < -0.39 is 0 Å². The molecule has 2 aromatic rings. The molecule has 0 radical (unpaired) electrons. The van der Waals surface area contributed by atoms with E-state index in [0.29, 0.717) is 16.7 Å². The van der Waals surface area contributed by atoms with Gasteiger partial charge in [0.15, 0.2) is 4.47 Å². The summed E-state index contributed by atoms with van der Waals surface area (Å²) < 4.78 is 2.22. The van der Waals surface area contributed by atoms with Crippen molar-refractivity contribution >= 4 is 28.8 Å². The van der Waals surface area contributed by atoms with Crippen LogP contribution >= 0.6 is 22.9 Å². The Labute approximate surface area is 133 Å². The predicted molar refractivity (Wildman–Crippen MR) is 85.1 cm³/mol. The number of nitrogens with one attached hydrogen (secondary N) is 1. The van der Waals surface area contributed by atoms with Crippen molar-refractivity contribution in [2.45, 2.75) is 40.2 Å². The molecule has 0 saturated carbocycles. The summed E-state index contributed by atoms with van der Waals surface area (Å²) in [5, 5.41) is 7.25. The molecule has 0 spiro atoms. The van der Waals surface area contributed by atoms with Crippen LogP contribution in [0.1, 0.15) is 52.1 Å². The second-order valence-corrected chi connectivity index (χ2v) is 6.90.